The number of amides is 2. The molecule has 7 nitrogen and oxygen atoms in total. The van der Waals surface area contributed by atoms with Crippen LogP contribution in [0, 0.1) is 5.92 Å². The van der Waals surface area contributed by atoms with Gasteiger partial charge in [-0.2, -0.15) is 0 Å². The minimum atomic E-state index is -0.150. The lowest BCUT2D eigenvalue weighted by Crippen LogP contribution is -2.30. The van der Waals surface area contributed by atoms with E-state index < -0.39 is 0 Å². The van der Waals surface area contributed by atoms with Crippen LogP contribution in [-0.4, -0.2) is 43.6 Å². The first-order valence-electron chi connectivity index (χ1n) is 6.95. The summed E-state index contributed by atoms with van der Waals surface area (Å²) in [6, 6.07) is 3.39. The van der Waals surface area contributed by atoms with E-state index in [0.29, 0.717) is 24.7 Å². The number of methoxy groups -OCH3 is 1. The zero-order valence-electron chi connectivity index (χ0n) is 12.0. The van der Waals surface area contributed by atoms with Gasteiger partial charge in [-0.3, -0.25) is 9.59 Å². The number of nitrogens with zero attached hydrogens (tertiary/aromatic N) is 1. The summed E-state index contributed by atoms with van der Waals surface area (Å²) in [5.41, 5.74) is 0.595. The van der Waals surface area contributed by atoms with E-state index >= 15 is 0 Å². The van der Waals surface area contributed by atoms with Crippen LogP contribution in [0.2, 0.25) is 0 Å². The van der Waals surface area contributed by atoms with Gasteiger partial charge in [0.2, 0.25) is 11.8 Å². The van der Waals surface area contributed by atoms with Crippen LogP contribution in [0.1, 0.15) is 12.8 Å². The maximum Gasteiger partial charge on any atom is 0.238 e. The molecule has 1 fully saturated rings. The van der Waals surface area contributed by atoms with Crippen molar-refractivity contribution in [3.8, 4) is 0 Å². The first-order valence-corrected chi connectivity index (χ1v) is 6.95. The third kappa shape index (κ3) is 5.49. The molecular weight excluding hydrogens is 272 g/mol. The maximum absolute atomic E-state index is 11.6. The van der Waals surface area contributed by atoms with Crippen molar-refractivity contribution in [3.05, 3.63) is 18.3 Å². The van der Waals surface area contributed by atoms with E-state index in [9.17, 15) is 9.59 Å². The van der Waals surface area contributed by atoms with Gasteiger partial charge in [0.25, 0.3) is 0 Å². The zero-order valence-corrected chi connectivity index (χ0v) is 12.0. The van der Waals surface area contributed by atoms with Gasteiger partial charge in [0.05, 0.1) is 25.0 Å². The quantitative estimate of drug-likeness (QED) is 0.610. The van der Waals surface area contributed by atoms with Crippen LogP contribution in [0.5, 0.6) is 0 Å². The van der Waals surface area contributed by atoms with Gasteiger partial charge >= 0.3 is 0 Å². The molecule has 1 aromatic rings. The third-order valence-electron chi connectivity index (χ3n) is 3.02. The standard InChI is InChI=1S/C14H20N4O3/c1-21-7-6-15-9-13(19)17-11-4-5-12(16-8-11)18-14(20)10-2-3-10/h4-5,8,10,15H,2-3,6-7,9H2,1H3,(H,17,19)(H,16,18,20). The molecule has 7 heteroatoms. The van der Waals surface area contributed by atoms with Crippen LogP contribution in [0.3, 0.4) is 0 Å². The molecule has 0 aliphatic heterocycles. The molecular formula is C14H20N4O3. The van der Waals surface area contributed by atoms with Gasteiger partial charge < -0.3 is 20.7 Å². The lowest BCUT2D eigenvalue weighted by Gasteiger charge is -2.07. The smallest absolute Gasteiger partial charge is 0.238 e. The largest absolute Gasteiger partial charge is 0.383 e. The molecule has 0 aromatic carbocycles. The molecule has 1 aromatic heterocycles. The Morgan fingerprint density at radius 2 is 2.14 bits per heavy atom. The Morgan fingerprint density at radius 3 is 2.76 bits per heavy atom. The summed E-state index contributed by atoms with van der Waals surface area (Å²) >= 11 is 0. The Labute approximate surface area is 123 Å². The van der Waals surface area contributed by atoms with Crippen LogP contribution in [0.4, 0.5) is 11.5 Å². The van der Waals surface area contributed by atoms with Crippen molar-refractivity contribution in [2.24, 2.45) is 5.92 Å². The molecule has 0 bridgehead atoms. The van der Waals surface area contributed by atoms with Crippen LogP contribution < -0.4 is 16.0 Å². The molecule has 1 aliphatic carbocycles. The zero-order chi connectivity index (χ0) is 15.1. The molecule has 3 N–H and O–H groups in total. The van der Waals surface area contributed by atoms with Gasteiger partial charge in [0.15, 0.2) is 0 Å². The van der Waals surface area contributed by atoms with Crippen LogP contribution >= 0.6 is 0 Å². The summed E-state index contributed by atoms with van der Waals surface area (Å²) in [6.07, 6.45) is 3.43. The Morgan fingerprint density at radius 1 is 1.33 bits per heavy atom. The Balaban J connectivity index is 1.73. The first-order chi connectivity index (χ1) is 10.2. The van der Waals surface area contributed by atoms with E-state index in [-0.39, 0.29) is 24.3 Å². The third-order valence-corrected chi connectivity index (χ3v) is 3.02. The average molecular weight is 292 g/mol. The van der Waals surface area contributed by atoms with Gasteiger partial charge in [-0.15, -0.1) is 0 Å². The second-order valence-corrected chi connectivity index (χ2v) is 4.91. The van der Waals surface area contributed by atoms with Crippen molar-refractivity contribution < 1.29 is 14.3 Å². The number of rotatable bonds is 8. The fraction of sp³-hybridized carbons (Fsp3) is 0.500. The Hall–Kier alpha value is -1.99. The number of hydrogen-bond acceptors (Lipinski definition) is 5. The highest BCUT2D eigenvalue weighted by Crippen LogP contribution is 2.29. The highest BCUT2D eigenvalue weighted by molar-refractivity contribution is 5.94. The van der Waals surface area contributed by atoms with Crippen molar-refractivity contribution in [2.45, 2.75) is 12.8 Å². The second kappa shape index (κ2) is 7.70. The number of ether oxygens (including phenoxy) is 1. The molecule has 0 spiro atoms. The molecule has 1 saturated carbocycles. The SMILES string of the molecule is COCCNCC(=O)Nc1ccc(NC(=O)C2CC2)nc1. The number of pyridine rings is 1. The molecule has 1 aliphatic rings. The number of aromatic nitrogens is 1. The molecule has 21 heavy (non-hydrogen) atoms. The fourth-order valence-electron chi connectivity index (χ4n) is 1.70. The van der Waals surface area contributed by atoms with E-state index in [1.807, 2.05) is 0 Å². The van der Waals surface area contributed by atoms with Gasteiger partial charge in [0.1, 0.15) is 5.82 Å². The highest BCUT2D eigenvalue weighted by atomic mass is 16.5. The van der Waals surface area contributed by atoms with E-state index in [2.05, 4.69) is 20.9 Å². The molecule has 0 saturated heterocycles. The lowest BCUT2D eigenvalue weighted by molar-refractivity contribution is -0.117. The second-order valence-electron chi connectivity index (χ2n) is 4.91. The molecule has 2 rings (SSSR count). The predicted octanol–water partition coefficient (Wildman–Crippen LogP) is 0.605. The van der Waals surface area contributed by atoms with Crippen LogP contribution in [0.15, 0.2) is 18.3 Å². The summed E-state index contributed by atoms with van der Waals surface area (Å²) < 4.78 is 4.87. The summed E-state index contributed by atoms with van der Waals surface area (Å²) in [5, 5.41) is 8.41. The monoisotopic (exact) mass is 292 g/mol. The first kappa shape index (κ1) is 15.4. The summed E-state index contributed by atoms with van der Waals surface area (Å²) in [5.74, 6) is 0.511. The summed E-state index contributed by atoms with van der Waals surface area (Å²) in [4.78, 5) is 27.3. The molecule has 2 amide bonds. The van der Waals surface area contributed by atoms with Crippen molar-refractivity contribution in [2.75, 3.05) is 37.4 Å². The number of hydrogen-bond donors (Lipinski definition) is 3. The minimum Gasteiger partial charge on any atom is -0.383 e. The number of carbonyl (C=O) groups is 2. The van der Waals surface area contributed by atoms with E-state index in [1.54, 1.807) is 19.2 Å². The van der Waals surface area contributed by atoms with Gasteiger partial charge in [-0.05, 0) is 25.0 Å². The van der Waals surface area contributed by atoms with Crippen LogP contribution in [0.25, 0.3) is 0 Å². The molecule has 0 unspecified atom stereocenters. The molecule has 0 radical (unpaired) electrons. The van der Waals surface area contributed by atoms with Gasteiger partial charge in [-0.25, -0.2) is 4.98 Å². The van der Waals surface area contributed by atoms with E-state index in [1.165, 1.54) is 6.20 Å². The predicted molar refractivity (Wildman–Crippen MR) is 79.0 cm³/mol. The number of nitrogens with one attached hydrogen (secondary N) is 3. The Kier molecular flexibility index (Phi) is 5.65. The van der Waals surface area contributed by atoms with E-state index in [4.69, 9.17) is 4.74 Å². The number of carbonyl (C=O) groups excluding carboxylic acids is 2. The molecule has 0 atom stereocenters. The highest BCUT2D eigenvalue weighted by Gasteiger charge is 2.29. The average Bonchev–Trinajstić information content (AvgIpc) is 3.30. The van der Waals surface area contributed by atoms with Gasteiger partial charge in [-0.1, -0.05) is 0 Å². The summed E-state index contributed by atoms with van der Waals surface area (Å²) in [6.45, 7) is 1.39. The Bertz CT molecular complexity index is 485. The molecule has 1 heterocycles. The summed E-state index contributed by atoms with van der Waals surface area (Å²) in [7, 11) is 1.61. The molecule has 114 valence electrons. The van der Waals surface area contributed by atoms with Gasteiger partial charge in [0, 0.05) is 19.6 Å². The topological polar surface area (TPSA) is 92.4 Å². The fourth-order valence-corrected chi connectivity index (χ4v) is 1.70. The lowest BCUT2D eigenvalue weighted by atomic mass is 10.3. The minimum absolute atomic E-state index is 0.0154. The van der Waals surface area contributed by atoms with Crippen molar-refractivity contribution in [1.82, 2.24) is 10.3 Å². The van der Waals surface area contributed by atoms with E-state index in [0.717, 1.165) is 12.8 Å². The van der Waals surface area contributed by atoms with Crippen LogP contribution in [-0.2, 0) is 14.3 Å². The maximum atomic E-state index is 11.6. The van der Waals surface area contributed by atoms with Crippen molar-refractivity contribution >= 4 is 23.3 Å². The van der Waals surface area contributed by atoms with Crippen molar-refractivity contribution in [1.29, 1.82) is 0 Å². The normalized spacial score (nSPS) is 13.8. The van der Waals surface area contributed by atoms with Crippen molar-refractivity contribution in [3.63, 3.8) is 0 Å². The number of anilines is 2.